The van der Waals surface area contributed by atoms with Crippen molar-refractivity contribution in [3.63, 3.8) is 0 Å². The second-order valence-corrected chi connectivity index (χ2v) is 8.63. The fourth-order valence-electron chi connectivity index (χ4n) is 4.09. The summed E-state index contributed by atoms with van der Waals surface area (Å²) in [5.41, 5.74) is 0. The molecule has 0 N–H and O–H groups in total. The Morgan fingerprint density at radius 2 is 1.70 bits per heavy atom. The van der Waals surface area contributed by atoms with E-state index < -0.39 is 48.1 Å². The fourth-order valence-corrected chi connectivity index (χ4v) is 4.09. The van der Waals surface area contributed by atoms with E-state index in [1.54, 1.807) is 6.08 Å². The summed E-state index contributed by atoms with van der Waals surface area (Å²) in [5, 5.41) is 0. The molecule has 30 heavy (non-hydrogen) atoms. The van der Waals surface area contributed by atoms with Gasteiger partial charge in [0.05, 0.1) is 20.1 Å². The average Bonchev–Trinajstić information content (AvgIpc) is 3.17. The number of hydrogen-bond acceptors (Lipinski definition) is 9. The van der Waals surface area contributed by atoms with Crippen molar-refractivity contribution >= 4 is 11.9 Å². The van der Waals surface area contributed by atoms with Gasteiger partial charge in [-0.3, -0.25) is 9.59 Å². The van der Waals surface area contributed by atoms with Crippen LogP contribution in [0.3, 0.4) is 0 Å². The molecule has 9 heteroatoms. The largest absolute Gasteiger partial charge is 0.469 e. The van der Waals surface area contributed by atoms with E-state index in [-0.39, 0.29) is 18.5 Å². The van der Waals surface area contributed by atoms with Crippen molar-refractivity contribution in [2.45, 2.75) is 95.7 Å². The van der Waals surface area contributed by atoms with E-state index in [2.05, 4.69) is 4.74 Å². The Kier molecular flexibility index (Phi) is 6.88. The maximum Gasteiger partial charge on any atom is 0.309 e. The van der Waals surface area contributed by atoms with E-state index in [9.17, 15) is 9.59 Å². The Labute approximate surface area is 176 Å². The molecule has 3 aliphatic rings. The van der Waals surface area contributed by atoms with Crippen LogP contribution in [0.1, 0.15) is 47.5 Å². The van der Waals surface area contributed by atoms with Crippen LogP contribution in [0.15, 0.2) is 12.2 Å². The highest BCUT2D eigenvalue weighted by Gasteiger charge is 2.59. The quantitative estimate of drug-likeness (QED) is 0.464. The molecule has 0 amide bonds. The van der Waals surface area contributed by atoms with Crippen LogP contribution in [-0.2, 0) is 42.7 Å². The molecule has 0 saturated carbocycles. The van der Waals surface area contributed by atoms with Gasteiger partial charge in [0, 0.05) is 6.92 Å². The van der Waals surface area contributed by atoms with Gasteiger partial charge in [-0.05, 0) is 34.1 Å². The SMILES string of the molecule is COC(=O)C/C=C/C[C@@H]1O[C@@H](C2COC(C)(C)O2)[C@H]2OC(C)(C)O[C@H]2[C@H]1OC(C)=O. The first kappa shape index (κ1) is 23.1. The minimum atomic E-state index is -0.861. The molecule has 1 unspecified atom stereocenters. The van der Waals surface area contributed by atoms with E-state index >= 15 is 0 Å². The van der Waals surface area contributed by atoms with Gasteiger partial charge < -0.3 is 33.2 Å². The third kappa shape index (κ3) is 5.39. The molecular weight excluding hydrogens is 396 g/mol. The molecule has 170 valence electrons. The van der Waals surface area contributed by atoms with Gasteiger partial charge in [-0.25, -0.2) is 0 Å². The van der Waals surface area contributed by atoms with Crippen molar-refractivity contribution in [2.24, 2.45) is 0 Å². The number of carbonyl (C=O) groups is 2. The van der Waals surface area contributed by atoms with E-state index in [1.807, 2.05) is 33.8 Å². The van der Waals surface area contributed by atoms with Crippen LogP contribution in [0.5, 0.6) is 0 Å². The van der Waals surface area contributed by atoms with E-state index in [4.69, 9.17) is 28.4 Å². The zero-order chi connectivity index (χ0) is 22.1. The molecule has 0 aromatic rings. The molecule has 0 bridgehead atoms. The number of ether oxygens (including phenoxy) is 7. The van der Waals surface area contributed by atoms with E-state index in [0.29, 0.717) is 13.0 Å². The lowest BCUT2D eigenvalue weighted by Crippen LogP contribution is -2.60. The fraction of sp³-hybridized carbons (Fsp3) is 0.810. The number of esters is 2. The molecule has 0 aromatic heterocycles. The van der Waals surface area contributed by atoms with Gasteiger partial charge >= 0.3 is 11.9 Å². The van der Waals surface area contributed by atoms with Crippen LogP contribution in [0.25, 0.3) is 0 Å². The summed E-state index contributed by atoms with van der Waals surface area (Å²) in [6, 6.07) is 0. The van der Waals surface area contributed by atoms with Gasteiger partial charge in [0.1, 0.15) is 30.5 Å². The van der Waals surface area contributed by atoms with Crippen molar-refractivity contribution < 1.29 is 42.7 Å². The monoisotopic (exact) mass is 428 g/mol. The van der Waals surface area contributed by atoms with Crippen LogP contribution in [0.2, 0.25) is 0 Å². The molecule has 3 saturated heterocycles. The second-order valence-electron chi connectivity index (χ2n) is 8.63. The molecular formula is C21H32O9. The normalized spacial score (nSPS) is 37.1. The minimum Gasteiger partial charge on any atom is -0.469 e. The Bertz CT molecular complexity index is 671. The highest BCUT2D eigenvalue weighted by atomic mass is 16.8. The molecule has 0 spiro atoms. The second kappa shape index (κ2) is 8.92. The Morgan fingerprint density at radius 1 is 1.00 bits per heavy atom. The van der Waals surface area contributed by atoms with Crippen LogP contribution >= 0.6 is 0 Å². The van der Waals surface area contributed by atoms with Gasteiger partial charge in [0.2, 0.25) is 0 Å². The summed E-state index contributed by atoms with van der Waals surface area (Å²) >= 11 is 0. The summed E-state index contributed by atoms with van der Waals surface area (Å²) in [4.78, 5) is 23.1. The number of carbonyl (C=O) groups excluding carboxylic acids is 2. The van der Waals surface area contributed by atoms with Gasteiger partial charge in [0.25, 0.3) is 0 Å². The molecule has 3 heterocycles. The smallest absolute Gasteiger partial charge is 0.309 e. The van der Waals surface area contributed by atoms with Crippen molar-refractivity contribution in [2.75, 3.05) is 13.7 Å². The van der Waals surface area contributed by atoms with Crippen molar-refractivity contribution in [1.82, 2.24) is 0 Å². The van der Waals surface area contributed by atoms with Gasteiger partial charge in [0.15, 0.2) is 17.7 Å². The molecule has 0 aliphatic carbocycles. The lowest BCUT2D eigenvalue weighted by Gasteiger charge is -2.43. The van der Waals surface area contributed by atoms with Gasteiger partial charge in [-0.1, -0.05) is 12.2 Å². The average molecular weight is 428 g/mol. The first-order valence-electron chi connectivity index (χ1n) is 10.2. The van der Waals surface area contributed by atoms with Crippen molar-refractivity contribution in [3.05, 3.63) is 12.2 Å². The van der Waals surface area contributed by atoms with E-state index in [1.165, 1.54) is 14.0 Å². The number of rotatable bonds is 6. The summed E-state index contributed by atoms with van der Waals surface area (Å²) in [7, 11) is 1.34. The lowest BCUT2D eigenvalue weighted by molar-refractivity contribution is -0.232. The highest BCUT2D eigenvalue weighted by molar-refractivity contribution is 5.70. The molecule has 3 fully saturated rings. The van der Waals surface area contributed by atoms with Gasteiger partial charge in [-0.15, -0.1) is 0 Å². The molecule has 0 aromatic carbocycles. The minimum absolute atomic E-state index is 0.150. The summed E-state index contributed by atoms with van der Waals surface area (Å²) in [5.74, 6) is -2.35. The van der Waals surface area contributed by atoms with Crippen LogP contribution in [0.4, 0.5) is 0 Å². The third-order valence-electron chi connectivity index (χ3n) is 5.26. The number of methoxy groups -OCH3 is 1. The summed E-state index contributed by atoms with van der Waals surface area (Å²) in [6.45, 7) is 9.02. The lowest BCUT2D eigenvalue weighted by atomic mass is 9.90. The zero-order valence-electron chi connectivity index (χ0n) is 18.4. The maximum atomic E-state index is 11.8. The zero-order valence-corrected chi connectivity index (χ0v) is 18.4. The Balaban J connectivity index is 1.81. The van der Waals surface area contributed by atoms with Crippen LogP contribution in [0, 0.1) is 0 Å². The van der Waals surface area contributed by atoms with Crippen molar-refractivity contribution in [3.8, 4) is 0 Å². The molecule has 6 atom stereocenters. The molecule has 0 radical (unpaired) electrons. The number of hydrogen-bond donors (Lipinski definition) is 0. The Hall–Kier alpha value is -1.52. The highest BCUT2D eigenvalue weighted by Crippen LogP contribution is 2.42. The van der Waals surface area contributed by atoms with E-state index in [0.717, 1.165) is 0 Å². The first-order chi connectivity index (χ1) is 14.0. The maximum absolute atomic E-state index is 11.8. The van der Waals surface area contributed by atoms with Gasteiger partial charge in [-0.2, -0.15) is 0 Å². The summed E-state index contributed by atoms with van der Waals surface area (Å²) in [6.07, 6.45) is 1.09. The standard InChI is InChI=1S/C21H32O9/c1-12(22)26-16-13(9-7-8-10-15(23)24-6)27-17(14-11-25-20(2,3)28-14)19-18(16)29-21(4,5)30-19/h7-8,13-14,16-19H,9-11H2,1-6H3/b8-7+/t13-,14?,16-,17-,18-,19+/m0/s1. The molecule has 3 rings (SSSR count). The Morgan fingerprint density at radius 3 is 2.30 bits per heavy atom. The first-order valence-corrected chi connectivity index (χ1v) is 10.2. The molecule has 3 aliphatic heterocycles. The topological polar surface area (TPSA) is 98.8 Å². The predicted molar refractivity (Wildman–Crippen MR) is 103 cm³/mol. The predicted octanol–water partition coefficient (Wildman–Crippen LogP) is 1.87. The third-order valence-corrected chi connectivity index (χ3v) is 5.26. The van der Waals surface area contributed by atoms with Crippen LogP contribution in [-0.4, -0.2) is 73.9 Å². The summed E-state index contributed by atoms with van der Waals surface area (Å²) < 4.78 is 40.6. The number of fused-ring (bicyclic) bond motifs is 1. The van der Waals surface area contributed by atoms with Crippen molar-refractivity contribution in [1.29, 1.82) is 0 Å². The molecule has 9 nitrogen and oxygen atoms in total. The van der Waals surface area contributed by atoms with Crippen LogP contribution < -0.4 is 0 Å².